The Morgan fingerprint density at radius 3 is 2.50 bits per heavy atom. The lowest BCUT2D eigenvalue weighted by Crippen LogP contribution is -2.39. The van der Waals surface area contributed by atoms with Crippen LogP contribution in [0.3, 0.4) is 0 Å². The van der Waals surface area contributed by atoms with Gasteiger partial charge < -0.3 is 10.2 Å². The first-order valence-corrected chi connectivity index (χ1v) is 8.01. The van der Waals surface area contributed by atoms with Crippen LogP contribution in [0, 0.1) is 6.92 Å². The van der Waals surface area contributed by atoms with Gasteiger partial charge in [0.2, 0.25) is 5.91 Å². The number of thiophene rings is 1. The molecule has 0 spiro atoms. The predicted octanol–water partition coefficient (Wildman–Crippen LogP) is 3.01. The summed E-state index contributed by atoms with van der Waals surface area (Å²) in [6.45, 7) is 3.94. The van der Waals surface area contributed by atoms with Crippen LogP contribution >= 0.6 is 11.3 Å². The molecule has 22 heavy (non-hydrogen) atoms. The van der Waals surface area contributed by atoms with E-state index in [9.17, 15) is 9.59 Å². The molecule has 2 rings (SSSR count). The topological polar surface area (TPSA) is 49.4 Å². The largest absolute Gasteiger partial charge is 0.343 e. The minimum Gasteiger partial charge on any atom is -0.343 e. The molecular formula is C17H20N2O2S. The molecule has 116 valence electrons. The van der Waals surface area contributed by atoms with Gasteiger partial charge in [-0.15, -0.1) is 11.3 Å². The quantitative estimate of drug-likeness (QED) is 0.922. The van der Waals surface area contributed by atoms with Crippen molar-refractivity contribution in [3.63, 3.8) is 0 Å². The van der Waals surface area contributed by atoms with E-state index in [0.717, 1.165) is 10.4 Å². The summed E-state index contributed by atoms with van der Waals surface area (Å²) in [6.07, 6.45) is 0. The fraction of sp³-hybridized carbons (Fsp3) is 0.294. The zero-order valence-electron chi connectivity index (χ0n) is 13.0. The van der Waals surface area contributed by atoms with Crippen molar-refractivity contribution in [3.8, 4) is 0 Å². The van der Waals surface area contributed by atoms with Crippen LogP contribution in [-0.2, 0) is 4.79 Å². The number of carbonyl (C=O) groups excluding carboxylic acids is 2. The van der Waals surface area contributed by atoms with Gasteiger partial charge >= 0.3 is 0 Å². The van der Waals surface area contributed by atoms with Crippen LogP contribution in [0.25, 0.3) is 0 Å². The number of aryl methyl sites for hydroxylation is 1. The van der Waals surface area contributed by atoms with Crippen LogP contribution in [0.1, 0.15) is 33.8 Å². The van der Waals surface area contributed by atoms with Gasteiger partial charge in [0, 0.05) is 17.5 Å². The Morgan fingerprint density at radius 2 is 1.91 bits per heavy atom. The molecule has 2 amide bonds. The zero-order chi connectivity index (χ0) is 16.1. The van der Waals surface area contributed by atoms with Crippen molar-refractivity contribution < 1.29 is 9.59 Å². The van der Waals surface area contributed by atoms with Crippen molar-refractivity contribution in [1.29, 1.82) is 0 Å². The number of nitrogens with one attached hydrogen (secondary N) is 1. The molecular weight excluding hydrogens is 296 g/mol. The van der Waals surface area contributed by atoms with Gasteiger partial charge in [0.1, 0.15) is 0 Å². The van der Waals surface area contributed by atoms with Crippen LogP contribution in [0.5, 0.6) is 0 Å². The van der Waals surface area contributed by atoms with Gasteiger partial charge in [0.15, 0.2) is 0 Å². The predicted molar refractivity (Wildman–Crippen MR) is 89.0 cm³/mol. The standard InChI is InChI=1S/C17H20N2O2S/c1-12-6-8-14(9-7-12)17(21)18-11-16(20)19(3)13(2)15-5-4-10-22-15/h4-10,13H,11H2,1-3H3,(H,18,21). The van der Waals surface area contributed by atoms with Gasteiger partial charge in [-0.1, -0.05) is 23.8 Å². The van der Waals surface area contributed by atoms with E-state index in [1.165, 1.54) is 0 Å². The molecule has 0 saturated heterocycles. The molecule has 5 heteroatoms. The van der Waals surface area contributed by atoms with Crippen LogP contribution in [0.2, 0.25) is 0 Å². The summed E-state index contributed by atoms with van der Waals surface area (Å²) in [4.78, 5) is 27.0. The molecule has 0 saturated carbocycles. The van der Waals surface area contributed by atoms with Gasteiger partial charge in [0.25, 0.3) is 5.91 Å². The highest BCUT2D eigenvalue weighted by Gasteiger charge is 2.18. The second-order valence-corrected chi connectivity index (χ2v) is 6.22. The molecule has 1 aromatic heterocycles. The monoisotopic (exact) mass is 316 g/mol. The van der Waals surface area contributed by atoms with Crippen LogP contribution in [0.15, 0.2) is 41.8 Å². The molecule has 0 aliphatic carbocycles. The Labute approximate surface area is 134 Å². The maximum atomic E-state index is 12.2. The number of benzene rings is 1. The summed E-state index contributed by atoms with van der Waals surface area (Å²) >= 11 is 1.62. The molecule has 0 aliphatic heterocycles. The normalized spacial score (nSPS) is 11.8. The van der Waals surface area contributed by atoms with E-state index >= 15 is 0 Å². The summed E-state index contributed by atoms with van der Waals surface area (Å²) < 4.78 is 0. The number of amides is 2. The van der Waals surface area contributed by atoms with Crippen LogP contribution < -0.4 is 5.32 Å². The molecule has 1 unspecified atom stereocenters. The van der Waals surface area contributed by atoms with E-state index in [1.807, 2.05) is 43.5 Å². The molecule has 1 N–H and O–H groups in total. The molecule has 0 radical (unpaired) electrons. The smallest absolute Gasteiger partial charge is 0.251 e. The van der Waals surface area contributed by atoms with E-state index in [1.54, 1.807) is 35.4 Å². The Bertz CT molecular complexity index is 635. The lowest BCUT2D eigenvalue weighted by atomic mass is 10.1. The van der Waals surface area contributed by atoms with Crippen molar-refractivity contribution in [1.82, 2.24) is 10.2 Å². The average Bonchev–Trinajstić information content (AvgIpc) is 3.05. The number of rotatable bonds is 5. The first-order chi connectivity index (χ1) is 10.5. The molecule has 2 aromatic rings. The molecule has 0 bridgehead atoms. The highest BCUT2D eigenvalue weighted by molar-refractivity contribution is 7.10. The average molecular weight is 316 g/mol. The molecule has 0 fully saturated rings. The second kappa shape index (κ2) is 7.22. The maximum Gasteiger partial charge on any atom is 0.251 e. The molecule has 0 aliphatic rings. The van der Waals surface area contributed by atoms with Crippen molar-refractivity contribution in [2.24, 2.45) is 0 Å². The van der Waals surface area contributed by atoms with Crippen molar-refractivity contribution in [3.05, 3.63) is 57.8 Å². The number of nitrogens with zero attached hydrogens (tertiary/aromatic N) is 1. The molecule has 4 nitrogen and oxygen atoms in total. The second-order valence-electron chi connectivity index (χ2n) is 5.24. The van der Waals surface area contributed by atoms with Gasteiger partial charge in [-0.2, -0.15) is 0 Å². The first-order valence-electron chi connectivity index (χ1n) is 7.13. The highest BCUT2D eigenvalue weighted by Crippen LogP contribution is 2.23. The van der Waals surface area contributed by atoms with E-state index in [-0.39, 0.29) is 24.4 Å². The lowest BCUT2D eigenvalue weighted by Gasteiger charge is -2.24. The van der Waals surface area contributed by atoms with E-state index in [0.29, 0.717) is 5.56 Å². The fourth-order valence-corrected chi connectivity index (χ4v) is 2.85. The summed E-state index contributed by atoms with van der Waals surface area (Å²) in [5.74, 6) is -0.341. The Kier molecular flexibility index (Phi) is 5.33. The Hall–Kier alpha value is -2.14. The fourth-order valence-electron chi connectivity index (χ4n) is 2.02. The van der Waals surface area contributed by atoms with Gasteiger partial charge in [-0.3, -0.25) is 9.59 Å². The van der Waals surface area contributed by atoms with Crippen LogP contribution in [0.4, 0.5) is 0 Å². The third kappa shape index (κ3) is 3.95. The summed E-state index contributed by atoms with van der Waals surface area (Å²) in [7, 11) is 1.75. The first kappa shape index (κ1) is 16.2. The third-order valence-electron chi connectivity index (χ3n) is 3.64. The van der Waals surface area contributed by atoms with Crippen molar-refractivity contribution >= 4 is 23.2 Å². The third-order valence-corrected chi connectivity index (χ3v) is 4.69. The van der Waals surface area contributed by atoms with Crippen LogP contribution in [-0.4, -0.2) is 30.3 Å². The van der Waals surface area contributed by atoms with E-state index in [2.05, 4.69) is 5.32 Å². The number of carbonyl (C=O) groups is 2. The van der Waals surface area contributed by atoms with E-state index < -0.39 is 0 Å². The SMILES string of the molecule is Cc1ccc(C(=O)NCC(=O)N(C)C(C)c2cccs2)cc1. The number of likely N-dealkylation sites (N-methyl/N-ethyl adjacent to an activating group) is 1. The summed E-state index contributed by atoms with van der Waals surface area (Å²) in [5, 5.41) is 4.66. The number of hydrogen-bond donors (Lipinski definition) is 1. The van der Waals surface area contributed by atoms with Crippen molar-refractivity contribution in [2.75, 3.05) is 13.6 Å². The van der Waals surface area contributed by atoms with Crippen molar-refractivity contribution in [2.45, 2.75) is 19.9 Å². The highest BCUT2D eigenvalue weighted by atomic mass is 32.1. The molecule has 1 aromatic carbocycles. The van der Waals surface area contributed by atoms with Gasteiger partial charge in [-0.25, -0.2) is 0 Å². The lowest BCUT2D eigenvalue weighted by molar-refractivity contribution is -0.130. The minimum atomic E-state index is -0.231. The minimum absolute atomic E-state index is 0.00107. The van der Waals surface area contributed by atoms with Gasteiger partial charge in [0.05, 0.1) is 12.6 Å². The maximum absolute atomic E-state index is 12.2. The Balaban J connectivity index is 1.89. The molecule has 1 atom stereocenters. The van der Waals surface area contributed by atoms with E-state index in [4.69, 9.17) is 0 Å². The number of hydrogen-bond acceptors (Lipinski definition) is 3. The summed E-state index contributed by atoms with van der Waals surface area (Å²) in [5.41, 5.74) is 1.66. The zero-order valence-corrected chi connectivity index (χ0v) is 13.8. The summed E-state index contributed by atoms with van der Waals surface area (Å²) in [6, 6.07) is 11.2. The Morgan fingerprint density at radius 1 is 1.23 bits per heavy atom. The van der Waals surface area contributed by atoms with Gasteiger partial charge in [-0.05, 0) is 37.4 Å². The molecule has 1 heterocycles.